The van der Waals surface area contributed by atoms with Crippen LogP contribution in [0.25, 0.3) is 5.65 Å². The summed E-state index contributed by atoms with van der Waals surface area (Å²) < 4.78 is 7.55. The zero-order chi connectivity index (χ0) is 24.6. The molecule has 0 saturated carbocycles. The summed E-state index contributed by atoms with van der Waals surface area (Å²) in [5.74, 6) is 1.93. The normalized spacial score (nSPS) is 20.9. The molecule has 3 aromatic rings. The number of aromatic nitrogens is 3. The van der Waals surface area contributed by atoms with Crippen LogP contribution in [-0.4, -0.2) is 71.3 Å². The number of piperidine rings is 1. The van der Waals surface area contributed by atoms with Gasteiger partial charge < -0.3 is 25.2 Å². The lowest BCUT2D eigenvalue weighted by Gasteiger charge is -2.35. The largest absolute Gasteiger partial charge is 0.398 e. The van der Waals surface area contributed by atoms with Gasteiger partial charge in [0, 0.05) is 55.6 Å². The lowest BCUT2D eigenvalue weighted by Crippen LogP contribution is -2.39. The van der Waals surface area contributed by atoms with E-state index in [1.54, 1.807) is 18.2 Å². The number of nitrogens with zero attached hydrogens (tertiary/aromatic N) is 6. The average Bonchev–Trinajstić information content (AvgIpc) is 3.60. The predicted octanol–water partition coefficient (Wildman–Crippen LogP) is 3.77. The molecule has 0 spiro atoms. The molecule has 0 radical (unpaired) electrons. The van der Waals surface area contributed by atoms with Crippen molar-refractivity contribution in [3.63, 3.8) is 0 Å². The Morgan fingerprint density at radius 3 is 2.56 bits per heavy atom. The number of anilines is 3. The number of carbonyl (C=O) groups excluding carboxylic acids is 1. The second-order valence-electron chi connectivity index (χ2n) is 9.85. The Morgan fingerprint density at radius 1 is 0.972 bits per heavy atom. The number of carbonyl (C=O) groups is 1. The van der Waals surface area contributed by atoms with Crippen LogP contribution >= 0.6 is 11.6 Å². The molecule has 0 aliphatic carbocycles. The summed E-state index contributed by atoms with van der Waals surface area (Å²) in [4.78, 5) is 25.2. The Morgan fingerprint density at radius 2 is 1.75 bits per heavy atom. The first-order valence-electron chi connectivity index (χ1n) is 12.9. The highest BCUT2D eigenvalue weighted by Gasteiger charge is 2.32. The molecule has 1 aromatic carbocycles. The SMILES string of the molecule is Nc1ccc(Cl)cc1C(=O)N1CCCC[C@H]1c1cc2nc(N3CCCC3)cc(N3CCOCC3)n2n1. The van der Waals surface area contributed by atoms with Crippen LogP contribution in [0.3, 0.4) is 0 Å². The predicted molar refractivity (Wildman–Crippen MR) is 141 cm³/mol. The van der Waals surface area contributed by atoms with E-state index in [1.807, 2.05) is 9.42 Å². The van der Waals surface area contributed by atoms with Crippen LogP contribution in [0, 0.1) is 0 Å². The van der Waals surface area contributed by atoms with Crippen LogP contribution in [0.2, 0.25) is 5.02 Å². The van der Waals surface area contributed by atoms with Gasteiger partial charge in [-0.25, -0.2) is 4.98 Å². The number of ether oxygens (including phenoxy) is 1. The standard InChI is InChI=1S/C26H32ClN7O2/c27-18-6-7-20(28)19(15-18)26(35)33-10-2-1-5-22(33)21-16-24-29-23(31-8-3-4-9-31)17-25(34(24)30-21)32-11-13-36-14-12-32/h6-7,15-17,22H,1-5,8-14,28H2/t22-/m0/s1. The number of morpholine rings is 1. The summed E-state index contributed by atoms with van der Waals surface area (Å²) in [6.07, 6.45) is 5.22. The third-order valence-electron chi connectivity index (χ3n) is 7.53. The Balaban J connectivity index is 1.40. The molecular weight excluding hydrogens is 478 g/mol. The fraction of sp³-hybridized carbons (Fsp3) is 0.500. The van der Waals surface area contributed by atoms with Gasteiger partial charge in [-0.05, 0) is 50.3 Å². The second kappa shape index (κ2) is 9.78. The molecule has 10 heteroatoms. The van der Waals surface area contributed by atoms with Gasteiger partial charge in [0.1, 0.15) is 11.6 Å². The number of rotatable bonds is 4. The summed E-state index contributed by atoms with van der Waals surface area (Å²) in [6.45, 7) is 5.74. The van der Waals surface area contributed by atoms with E-state index in [2.05, 4.69) is 21.9 Å². The van der Waals surface area contributed by atoms with Gasteiger partial charge in [-0.2, -0.15) is 9.61 Å². The van der Waals surface area contributed by atoms with Crippen molar-refractivity contribution in [2.24, 2.45) is 0 Å². The summed E-state index contributed by atoms with van der Waals surface area (Å²) in [7, 11) is 0. The molecule has 3 fully saturated rings. The van der Waals surface area contributed by atoms with Crippen LogP contribution < -0.4 is 15.5 Å². The second-order valence-corrected chi connectivity index (χ2v) is 10.3. The third kappa shape index (κ3) is 4.35. The minimum atomic E-state index is -0.140. The van der Waals surface area contributed by atoms with E-state index in [4.69, 9.17) is 32.2 Å². The Hall–Kier alpha value is -3.04. The molecule has 3 aliphatic heterocycles. The smallest absolute Gasteiger partial charge is 0.256 e. The van der Waals surface area contributed by atoms with Crippen molar-refractivity contribution in [2.75, 3.05) is 61.5 Å². The maximum absolute atomic E-state index is 13.6. The van der Waals surface area contributed by atoms with Crippen LogP contribution in [0.15, 0.2) is 30.3 Å². The highest BCUT2D eigenvalue weighted by Crippen LogP contribution is 2.35. The van der Waals surface area contributed by atoms with Gasteiger partial charge in [-0.3, -0.25) is 4.79 Å². The number of nitrogens with two attached hydrogens (primary N) is 1. The highest BCUT2D eigenvalue weighted by atomic mass is 35.5. The summed E-state index contributed by atoms with van der Waals surface area (Å²) in [5, 5.41) is 5.55. The maximum atomic E-state index is 13.6. The zero-order valence-corrected chi connectivity index (χ0v) is 21.2. The number of likely N-dealkylation sites (tertiary alicyclic amines) is 1. The average molecular weight is 510 g/mol. The van der Waals surface area contributed by atoms with Crippen molar-refractivity contribution in [3.8, 4) is 0 Å². The van der Waals surface area contributed by atoms with Gasteiger partial charge in [0.05, 0.1) is 30.5 Å². The zero-order valence-electron chi connectivity index (χ0n) is 20.4. The Kier molecular flexibility index (Phi) is 6.35. The minimum Gasteiger partial charge on any atom is -0.398 e. The fourth-order valence-electron chi connectivity index (χ4n) is 5.60. The molecule has 3 aliphatic rings. The topological polar surface area (TPSA) is 92.2 Å². The number of fused-ring (bicyclic) bond motifs is 1. The number of benzene rings is 1. The van der Waals surface area contributed by atoms with Crippen molar-refractivity contribution in [1.29, 1.82) is 0 Å². The molecule has 6 rings (SSSR count). The molecule has 3 saturated heterocycles. The summed E-state index contributed by atoms with van der Waals surface area (Å²) in [5.41, 5.74) is 8.73. The van der Waals surface area contributed by atoms with E-state index in [1.165, 1.54) is 12.8 Å². The van der Waals surface area contributed by atoms with E-state index in [0.29, 0.717) is 36.0 Å². The quantitative estimate of drug-likeness (QED) is 0.535. The molecule has 36 heavy (non-hydrogen) atoms. The van der Waals surface area contributed by atoms with Gasteiger partial charge in [-0.15, -0.1) is 0 Å². The first-order chi connectivity index (χ1) is 17.6. The van der Waals surface area contributed by atoms with Crippen LogP contribution in [-0.2, 0) is 4.74 Å². The van der Waals surface area contributed by atoms with E-state index < -0.39 is 0 Å². The van der Waals surface area contributed by atoms with E-state index in [-0.39, 0.29) is 11.9 Å². The first-order valence-corrected chi connectivity index (χ1v) is 13.3. The molecule has 1 atom stereocenters. The van der Waals surface area contributed by atoms with Gasteiger partial charge in [-0.1, -0.05) is 11.6 Å². The molecule has 0 bridgehead atoms. The number of halogens is 1. The number of nitrogen functional groups attached to an aromatic ring is 1. The van der Waals surface area contributed by atoms with Crippen molar-refractivity contribution in [2.45, 2.75) is 38.1 Å². The van der Waals surface area contributed by atoms with Gasteiger partial charge in [0.25, 0.3) is 5.91 Å². The molecular formula is C26H32ClN7O2. The number of hydrogen-bond acceptors (Lipinski definition) is 7. The highest BCUT2D eigenvalue weighted by molar-refractivity contribution is 6.31. The lowest BCUT2D eigenvalue weighted by atomic mass is 9.98. The Labute approximate surface area is 215 Å². The maximum Gasteiger partial charge on any atom is 0.256 e. The van der Waals surface area contributed by atoms with Crippen LogP contribution in [0.4, 0.5) is 17.3 Å². The minimum absolute atomic E-state index is 0.101. The van der Waals surface area contributed by atoms with E-state index in [0.717, 1.165) is 68.4 Å². The number of amides is 1. The molecule has 9 nitrogen and oxygen atoms in total. The van der Waals surface area contributed by atoms with Gasteiger partial charge in [0.15, 0.2) is 5.65 Å². The van der Waals surface area contributed by atoms with Gasteiger partial charge in [0.2, 0.25) is 0 Å². The molecule has 0 unspecified atom stereocenters. The van der Waals surface area contributed by atoms with Crippen molar-refractivity contribution >= 4 is 40.5 Å². The van der Waals surface area contributed by atoms with Crippen LogP contribution in [0.5, 0.6) is 0 Å². The van der Waals surface area contributed by atoms with Gasteiger partial charge >= 0.3 is 0 Å². The van der Waals surface area contributed by atoms with Crippen LogP contribution in [0.1, 0.15) is 54.2 Å². The first kappa shape index (κ1) is 23.4. The lowest BCUT2D eigenvalue weighted by molar-refractivity contribution is 0.0607. The van der Waals surface area contributed by atoms with Crippen molar-refractivity contribution in [3.05, 3.63) is 46.6 Å². The molecule has 5 heterocycles. The van der Waals surface area contributed by atoms with Crippen molar-refractivity contribution < 1.29 is 9.53 Å². The monoisotopic (exact) mass is 509 g/mol. The van der Waals surface area contributed by atoms with E-state index in [9.17, 15) is 4.79 Å². The summed E-state index contributed by atoms with van der Waals surface area (Å²) >= 11 is 6.20. The third-order valence-corrected chi connectivity index (χ3v) is 7.76. The molecule has 190 valence electrons. The number of hydrogen-bond donors (Lipinski definition) is 1. The fourth-order valence-corrected chi connectivity index (χ4v) is 5.77. The Bertz CT molecular complexity index is 1270. The molecule has 2 aromatic heterocycles. The molecule has 1 amide bonds. The van der Waals surface area contributed by atoms with E-state index >= 15 is 0 Å². The molecule has 2 N–H and O–H groups in total. The van der Waals surface area contributed by atoms with Crippen molar-refractivity contribution in [1.82, 2.24) is 19.5 Å². The summed E-state index contributed by atoms with van der Waals surface area (Å²) in [6, 6.07) is 9.14.